The molecule has 0 saturated carbocycles. The lowest BCUT2D eigenvalue weighted by molar-refractivity contribution is 0.435. The van der Waals surface area contributed by atoms with E-state index in [0.29, 0.717) is 17.4 Å². The van der Waals surface area contributed by atoms with Gasteiger partial charge in [-0.3, -0.25) is 10.8 Å². The molecule has 2 aromatic carbocycles. The fraction of sp³-hybridized carbons (Fsp3) is 0.261. The smallest absolute Gasteiger partial charge is 0.167 e. The monoisotopic (exact) mass is 461 g/mol. The zero-order valence-electron chi connectivity index (χ0n) is 18.0. The van der Waals surface area contributed by atoms with Crippen molar-refractivity contribution in [2.24, 2.45) is 0 Å². The Hall–Kier alpha value is -2.83. The van der Waals surface area contributed by atoms with Crippen LogP contribution < -0.4 is 10.6 Å². The van der Waals surface area contributed by atoms with Crippen LogP contribution in [0.4, 0.5) is 0 Å². The molecule has 0 unspecified atom stereocenters. The molecule has 0 atom stereocenters. The molecule has 0 radical (unpaired) electrons. The van der Waals surface area contributed by atoms with Crippen LogP contribution in [0.25, 0.3) is 22.6 Å². The zero-order chi connectivity index (χ0) is 21.0. The Balaban J connectivity index is 0.00000240. The zero-order valence-corrected chi connectivity index (χ0v) is 19.7. The van der Waals surface area contributed by atoms with Gasteiger partial charge in [-0.05, 0) is 33.8 Å². The third-order valence-corrected chi connectivity index (χ3v) is 4.28. The van der Waals surface area contributed by atoms with E-state index < -0.39 is 0 Å². The van der Waals surface area contributed by atoms with E-state index in [0.717, 1.165) is 27.9 Å². The second-order valence-corrected chi connectivity index (χ2v) is 7.58. The van der Waals surface area contributed by atoms with E-state index in [-0.39, 0.29) is 36.9 Å². The van der Waals surface area contributed by atoms with E-state index >= 15 is 0 Å². The highest BCUT2D eigenvalue weighted by molar-refractivity contribution is 5.98. The maximum absolute atomic E-state index is 8.18. The minimum Gasteiger partial charge on any atom is -0.368 e. The number of nitrogens with one attached hydrogen (secondary N) is 4. The van der Waals surface area contributed by atoms with Crippen LogP contribution in [0.3, 0.4) is 0 Å². The number of rotatable bonds is 6. The summed E-state index contributed by atoms with van der Waals surface area (Å²) in [5, 5.41) is 26.7. The molecule has 1 aromatic heterocycles. The average molecular weight is 462 g/mol. The highest BCUT2D eigenvalue weighted by Crippen LogP contribution is 2.27. The van der Waals surface area contributed by atoms with Gasteiger partial charge in [-0.15, -0.1) is 24.8 Å². The van der Waals surface area contributed by atoms with Gasteiger partial charge in [-0.2, -0.15) is 0 Å². The number of amidine groups is 2. The van der Waals surface area contributed by atoms with Gasteiger partial charge in [0.15, 0.2) is 5.76 Å². The molecule has 3 aromatic rings. The van der Waals surface area contributed by atoms with Gasteiger partial charge in [0, 0.05) is 40.4 Å². The van der Waals surface area contributed by atoms with E-state index in [1.807, 2.05) is 82.3 Å². The van der Waals surface area contributed by atoms with E-state index in [1.54, 1.807) is 0 Å². The van der Waals surface area contributed by atoms with Crippen molar-refractivity contribution in [2.75, 3.05) is 0 Å². The van der Waals surface area contributed by atoms with Crippen LogP contribution in [0.5, 0.6) is 0 Å². The van der Waals surface area contributed by atoms with Crippen molar-refractivity contribution in [1.82, 2.24) is 15.8 Å². The minimum atomic E-state index is 0. The predicted octanol–water partition coefficient (Wildman–Crippen LogP) is 5.50. The number of hydrogen-bond donors (Lipinski definition) is 4. The summed E-state index contributed by atoms with van der Waals surface area (Å²) in [5.74, 6) is 1.45. The Morgan fingerprint density at radius 2 is 1.35 bits per heavy atom. The van der Waals surface area contributed by atoms with Gasteiger partial charge in [0.2, 0.25) is 0 Å². The Morgan fingerprint density at radius 1 is 0.774 bits per heavy atom. The average Bonchev–Trinajstić information content (AvgIpc) is 3.17. The molecular formula is C23H29Cl2N5O. The maximum Gasteiger partial charge on any atom is 0.167 e. The van der Waals surface area contributed by atoms with Crippen LogP contribution in [0.2, 0.25) is 0 Å². The first-order valence-electron chi connectivity index (χ1n) is 9.72. The van der Waals surface area contributed by atoms with Gasteiger partial charge in [0.05, 0.1) is 0 Å². The van der Waals surface area contributed by atoms with Gasteiger partial charge in [-0.25, -0.2) is 0 Å². The summed E-state index contributed by atoms with van der Waals surface area (Å²) in [4.78, 5) is 0. The van der Waals surface area contributed by atoms with E-state index in [2.05, 4.69) is 15.8 Å². The van der Waals surface area contributed by atoms with Crippen molar-refractivity contribution in [2.45, 2.75) is 39.8 Å². The highest BCUT2D eigenvalue weighted by Gasteiger charge is 2.11. The predicted molar refractivity (Wildman–Crippen MR) is 132 cm³/mol. The second-order valence-electron chi connectivity index (χ2n) is 7.58. The van der Waals surface area contributed by atoms with Gasteiger partial charge in [0.1, 0.15) is 17.4 Å². The van der Waals surface area contributed by atoms with Crippen molar-refractivity contribution in [3.63, 3.8) is 0 Å². The summed E-state index contributed by atoms with van der Waals surface area (Å²) < 4.78 is 5.55. The SMILES string of the molecule is CC(C)NC(=N)c1ccc(-c2cc(-c3cccc(C(=N)NC(C)C)c3)no2)cc1.Cl.Cl. The third kappa shape index (κ3) is 6.84. The number of aromatic nitrogens is 1. The first kappa shape index (κ1) is 26.2. The Bertz CT molecular complexity index is 1010. The van der Waals surface area contributed by atoms with Gasteiger partial charge in [0.25, 0.3) is 0 Å². The number of hydrogen-bond acceptors (Lipinski definition) is 4. The molecule has 0 aliphatic carbocycles. The summed E-state index contributed by atoms with van der Waals surface area (Å²) in [7, 11) is 0. The molecular weight excluding hydrogens is 433 g/mol. The summed E-state index contributed by atoms with van der Waals surface area (Å²) in [6.07, 6.45) is 0. The quantitative estimate of drug-likeness (QED) is 0.287. The molecule has 166 valence electrons. The lowest BCUT2D eigenvalue weighted by Gasteiger charge is -2.11. The van der Waals surface area contributed by atoms with Crippen LogP contribution in [0.15, 0.2) is 59.1 Å². The molecule has 0 amide bonds. The Kier molecular flexibility index (Phi) is 9.75. The van der Waals surface area contributed by atoms with Crippen molar-refractivity contribution in [1.29, 1.82) is 10.8 Å². The number of benzene rings is 2. The first-order valence-corrected chi connectivity index (χ1v) is 9.72. The molecule has 0 aliphatic heterocycles. The fourth-order valence-electron chi connectivity index (χ4n) is 2.93. The maximum atomic E-state index is 8.18. The topological polar surface area (TPSA) is 97.8 Å². The number of nitrogens with zero attached hydrogens (tertiary/aromatic N) is 1. The summed E-state index contributed by atoms with van der Waals surface area (Å²) in [6.45, 7) is 8.03. The van der Waals surface area contributed by atoms with E-state index in [1.165, 1.54) is 0 Å². The van der Waals surface area contributed by atoms with Crippen LogP contribution in [0.1, 0.15) is 38.8 Å². The molecule has 0 spiro atoms. The van der Waals surface area contributed by atoms with E-state index in [9.17, 15) is 0 Å². The highest BCUT2D eigenvalue weighted by atomic mass is 35.5. The summed E-state index contributed by atoms with van der Waals surface area (Å²) in [6, 6.07) is 17.7. The third-order valence-electron chi connectivity index (χ3n) is 4.28. The van der Waals surface area contributed by atoms with Gasteiger partial charge >= 0.3 is 0 Å². The van der Waals surface area contributed by atoms with Crippen LogP contribution in [-0.2, 0) is 0 Å². The molecule has 0 saturated heterocycles. The standard InChI is InChI=1S/C23H27N5O.2ClH/c1-14(2)26-22(24)17-10-8-16(9-11-17)21-13-20(28-29-21)18-6-5-7-19(12-18)23(25)27-15(3)4;;/h5-15H,1-4H3,(H2,24,26)(H2,25,27);2*1H. The largest absolute Gasteiger partial charge is 0.368 e. The summed E-state index contributed by atoms with van der Waals surface area (Å²) in [5.41, 5.74) is 4.15. The molecule has 0 fully saturated rings. The Labute approximate surface area is 195 Å². The van der Waals surface area contributed by atoms with E-state index in [4.69, 9.17) is 15.3 Å². The minimum absolute atomic E-state index is 0. The molecule has 0 bridgehead atoms. The van der Waals surface area contributed by atoms with Gasteiger partial charge < -0.3 is 15.2 Å². The fourth-order valence-corrected chi connectivity index (χ4v) is 2.93. The van der Waals surface area contributed by atoms with Crippen LogP contribution in [-0.4, -0.2) is 28.9 Å². The van der Waals surface area contributed by atoms with Crippen molar-refractivity contribution < 1.29 is 4.52 Å². The summed E-state index contributed by atoms with van der Waals surface area (Å²) >= 11 is 0. The second kappa shape index (κ2) is 11.5. The normalized spacial score (nSPS) is 10.3. The molecule has 0 aliphatic rings. The van der Waals surface area contributed by atoms with Crippen molar-refractivity contribution >= 4 is 36.5 Å². The van der Waals surface area contributed by atoms with Gasteiger partial charge in [-0.1, -0.05) is 47.6 Å². The molecule has 6 nitrogen and oxygen atoms in total. The lowest BCUT2D eigenvalue weighted by Crippen LogP contribution is -2.30. The first-order chi connectivity index (χ1) is 13.8. The van der Waals surface area contributed by atoms with Crippen molar-refractivity contribution in [3.05, 3.63) is 65.7 Å². The van der Waals surface area contributed by atoms with Crippen LogP contribution >= 0.6 is 24.8 Å². The molecule has 4 N–H and O–H groups in total. The molecule has 8 heteroatoms. The molecule has 1 heterocycles. The molecule has 31 heavy (non-hydrogen) atoms. The number of halogens is 2. The lowest BCUT2D eigenvalue weighted by atomic mass is 10.0. The van der Waals surface area contributed by atoms with Crippen molar-refractivity contribution in [3.8, 4) is 22.6 Å². The Morgan fingerprint density at radius 3 is 1.94 bits per heavy atom. The molecule has 3 rings (SSSR count). The van der Waals surface area contributed by atoms with Crippen LogP contribution in [0, 0.1) is 10.8 Å².